The number of primary amides is 1. The molecule has 19 heavy (non-hydrogen) atoms. The van der Waals surface area contributed by atoms with Crippen LogP contribution in [0.2, 0.25) is 0 Å². The van der Waals surface area contributed by atoms with Gasteiger partial charge in [-0.1, -0.05) is 44.2 Å². The summed E-state index contributed by atoms with van der Waals surface area (Å²) in [5.41, 5.74) is 5.98. The molecule has 5 nitrogen and oxygen atoms in total. The second-order valence-corrected chi connectivity index (χ2v) is 5.58. The molecule has 1 aromatic rings. The van der Waals surface area contributed by atoms with Gasteiger partial charge in [0.1, 0.15) is 0 Å². The van der Waals surface area contributed by atoms with E-state index in [4.69, 9.17) is 15.2 Å². The number of hydrogen-bond acceptors (Lipinski definition) is 3. The van der Waals surface area contributed by atoms with Crippen molar-refractivity contribution in [1.29, 1.82) is 0 Å². The lowest BCUT2D eigenvalue weighted by molar-refractivity contribution is -0.303. The standard InChI is InChI=1S/C14H20N2O3/c1-13(2)9-18-14(19-10-13,8-16-12(15)17)11-6-4-3-5-7-11/h3-7H,8-10H2,1-2H3,(H3,15,16,17). The van der Waals surface area contributed by atoms with Gasteiger partial charge in [0, 0.05) is 11.0 Å². The fourth-order valence-corrected chi connectivity index (χ4v) is 1.97. The van der Waals surface area contributed by atoms with E-state index < -0.39 is 11.8 Å². The highest BCUT2D eigenvalue weighted by molar-refractivity contribution is 5.71. The largest absolute Gasteiger partial charge is 0.352 e. The maximum atomic E-state index is 10.9. The number of ether oxygens (including phenoxy) is 2. The molecule has 0 atom stereocenters. The predicted molar refractivity (Wildman–Crippen MR) is 71.4 cm³/mol. The molecule has 0 saturated carbocycles. The van der Waals surface area contributed by atoms with Gasteiger partial charge >= 0.3 is 6.03 Å². The molecule has 0 aliphatic carbocycles. The third-order valence-electron chi connectivity index (χ3n) is 3.10. The van der Waals surface area contributed by atoms with Crippen LogP contribution in [0.4, 0.5) is 4.79 Å². The van der Waals surface area contributed by atoms with Gasteiger partial charge < -0.3 is 20.5 Å². The van der Waals surface area contributed by atoms with E-state index in [1.165, 1.54) is 0 Å². The summed E-state index contributed by atoms with van der Waals surface area (Å²) in [5.74, 6) is -0.953. The van der Waals surface area contributed by atoms with Crippen LogP contribution in [0.3, 0.4) is 0 Å². The molecular weight excluding hydrogens is 244 g/mol. The first-order valence-electron chi connectivity index (χ1n) is 6.30. The first kappa shape index (κ1) is 13.8. The van der Waals surface area contributed by atoms with Crippen molar-refractivity contribution in [2.75, 3.05) is 19.8 Å². The quantitative estimate of drug-likeness (QED) is 0.870. The molecule has 2 rings (SSSR count). The van der Waals surface area contributed by atoms with Crippen LogP contribution < -0.4 is 11.1 Å². The molecule has 0 spiro atoms. The lowest BCUT2D eigenvalue weighted by atomic mass is 9.93. The van der Waals surface area contributed by atoms with Crippen molar-refractivity contribution in [3.63, 3.8) is 0 Å². The number of hydrogen-bond donors (Lipinski definition) is 2. The number of nitrogens with one attached hydrogen (secondary N) is 1. The second-order valence-electron chi connectivity index (χ2n) is 5.58. The Morgan fingerprint density at radius 1 is 1.26 bits per heavy atom. The van der Waals surface area contributed by atoms with Crippen molar-refractivity contribution < 1.29 is 14.3 Å². The first-order valence-corrected chi connectivity index (χ1v) is 6.30. The molecule has 0 radical (unpaired) electrons. The van der Waals surface area contributed by atoms with Crippen LogP contribution in [0.25, 0.3) is 0 Å². The Kier molecular flexibility index (Phi) is 3.78. The van der Waals surface area contributed by atoms with Crippen LogP contribution in [-0.4, -0.2) is 25.8 Å². The molecule has 1 saturated heterocycles. The van der Waals surface area contributed by atoms with Gasteiger partial charge in [-0.15, -0.1) is 0 Å². The predicted octanol–water partition coefficient (Wildman–Crippen LogP) is 1.58. The lowest BCUT2D eigenvalue weighted by Crippen LogP contribution is -2.52. The highest BCUT2D eigenvalue weighted by Gasteiger charge is 2.42. The molecule has 3 N–H and O–H groups in total. The third kappa shape index (κ3) is 3.24. The Morgan fingerprint density at radius 2 is 1.84 bits per heavy atom. The Hall–Kier alpha value is -1.59. The summed E-state index contributed by atoms with van der Waals surface area (Å²) < 4.78 is 11.8. The summed E-state index contributed by atoms with van der Waals surface area (Å²) in [6.07, 6.45) is 0. The van der Waals surface area contributed by atoms with Gasteiger partial charge in [0.05, 0.1) is 19.8 Å². The zero-order valence-electron chi connectivity index (χ0n) is 11.3. The van der Waals surface area contributed by atoms with E-state index in [0.29, 0.717) is 13.2 Å². The molecule has 1 fully saturated rings. The van der Waals surface area contributed by atoms with Gasteiger partial charge in [-0.2, -0.15) is 0 Å². The van der Waals surface area contributed by atoms with Crippen molar-refractivity contribution in [1.82, 2.24) is 5.32 Å². The average Bonchev–Trinajstić information content (AvgIpc) is 2.39. The topological polar surface area (TPSA) is 73.6 Å². The maximum absolute atomic E-state index is 10.9. The Morgan fingerprint density at radius 3 is 2.37 bits per heavy atom. The Balaban J connectivity index is 2.22. The number of carbonyl (C=O) groups excluding carboxylic acids is 1. The van der Waals surface area contributed by atoms with E-state index in [-0.39, 0.29) is 12.0 Å². The van der Waals surface area contributed by atoms with Crippen molar-refractivity contribution in [3.8, 4) is 0 Å². The van der Waals surface area contributed by atoms with Crippen molar-refractivity contribution >= 4 is 6.03 Å². The van der Waals surface area contributed by atoms with E-state index in [1.54, 1.807) is 0 Å². The van der Waals surface area contributed by atoms with Crippen LogP contribution in [0.15, 0.2) is 30.3 Å². The van der Waals surface area contributed by atoms with Crippen molar-refractivity contribution in [2.45, 2.75) is 19.6 Å². The average molecular weight is 264 g/mol. The number of benzene rings is 1. The van der Waals surface area contributed by atoms with Crippen LogP contribution in [0.1, 0.15) is 19.4 Å². The molecular formula is C14H20N2O3. The van der Waals surface area contributed by atoms with Crippen LogP contribution in [0, 0.1) is 5.41 Å². The van der Waals surface area contributed by atoms with Crippen LogP contribution >= 0.6 is 0 Å². The molecule has 104 valence electrons. The summed E-state index contributed by atoms with van der Waals surface area (Å²) in [5, 5.41) is 2.57. The van der Waals surface area contributed by atoms with E-state index in [2.05, 4.69) is 19.2 Å². The monoisotopic (exact) mass is 264 g/mol. The Labute approximate surface area is 113 Å². The molecule has 0 bridgehead atoms. The van der Waals surface area contributed by atoms with Gasteiger partial charge in [0.2, 0.25) is 5.79 Å². The number of nitrogens with two attached hydrogens (primary N) is 1. The fourth-order valence-electron chi connectivity index (χ4n) is 1.97. The van der Waals surface area contributed by atoms with Gasteiger partial charge in [0.15, 0.2) is 0 Å². The number of amides is 2. The zero-order chi connectivity index (χ0) is 13.9. The van der Waals surface area contributed by atoms with Crippen LogP contribution in [0.5, 0.6) is 0 Å². The summed E-state index contributed by atoms with van der Waals surface area (Å²) >= 11 is 0. The minimum atomic E-state index is -0.953. The molecule has 5 heteroatoms. The van der Waals surface area contributed by atoms with Gasteiger partial charge in [-0.05, 0) is 0 Å². The fraction of sp³-hybridized carbons (Fsp3) is 0.500. The highest BCUT2D eigenvalue weighted by Crippen LogP contribution is 2.35. The van der Waals surface area contributed by atoms with E-state index >= 15 is 0 Å². The molecule has 2 amide bonds. The smallest absolute Gasteiger partial charge is 0.312 e. The summed E-state index contributed by atoms with van der Waals surface area (Å²) in [4.78, 5) is 10.9. The summed E-state index contributed by atoms with van der Waals surface area (Å²) in [6, 6.07) is 8.99. The lowest BCUT2D eigenvalue weighted by Gasteiger charge is -2.43. The minimum Gasteiger partial charge on any atom is -0.352 e. The molecule has 1 aliphatic rings. The normalized spacial score (nSPS) is 20.7. The Bertz CT molecular complexity index is 435. The van der Waals surface area contributed by atoms with Crippen LogP contribution in [-0.2, 0) is 15.3 Å². The second kappa shape index (κ2) is 5.19. The molecule has 1 heterocycles. The van der Waals surface area contributed by atoms with Gasteiger partial charge in [-0.25, -0.2) is 4.79 Å². The van der Waals surface area contributed by atoms with Crippen molar-refractivity contribution in [2.24, 2.45) is 11.1 Å². The first-order chi connectivity index (χ1) is 8.94. The molecule has 1 aliphatic heterocycles. The number of rotatable bonds is 3. The van der Waals surface area contributed by atoms with Gasteiger partial charge in [-0.3, -0.25) is 0 Å². The van der Waals surface area contributed by atoms with E-state index in [0.717, 1.165) is 5.56 Å². The van der Waals surface area contributed by atoms with Gasteiger partial charge in [0.25, 0.3) is 0 Å². The number of urea groups is 1. The summed E-state index contributed by atoms with van der Waals surface area (Å²) in [6.45, 7) is 5.46. The third-order valence-corrected chi connectivity index (χ3v) is 3.10. The molecule has 0 unspecified atom stereocenters. The molecule has 0 aromatic heterocycles. The minimum absolute atomic E-state index is 0.0367. The van der Waals surface area contributed by atoms with E-state index in [1.807, 2.05) is 30.3 Å². The summed E-state index contributed by atoms with van der Waals surface area (Å²) in [7, 11) is 0. The maximum Gasteiger partial charge on any atom is 0.312 e. The van der Waals surface area contributed by atoms with Crippen molar-refractivity contribution in [3.05, 3.63) is 35.9 Å². The zero-order valence-corrected chi connectivity index (χ0v) is 11.3. The SMILES string of the molecule is CC1(C)COC(CNC(N)=O)(c2ccccc2)OC1. The highest BCUT2D eigenvalue weighted by atomic mass is 16.7. The number of carbonyl (C=O) groups is 1. The molecule has 1 aromatic carbocycles. The van der Waals surface area contributed by atoms with E-state index in [9.17, 15) is 4.79 Å².